The van der Waals surface area contributed by atoms with Gasteiger partial charge in [-0.25, -0.2) is 0 Å². The molecule has 0 radical (unpaired) electrons. The molecule has 0 bridgehead atoms. The molecule has 0 unspecified atom stereocenters. The van der Waals surface area contributed by atoms with Crippen LogP contribution in [0.5, 0.6) is 0 Å². The van der Waals surface area contributed by atoms with Crippen LogP contribution in [0.25, 0.3) is 5.69 Å². The number of halogens is 1. The van der Waals surface area contributed by atoms with Gasteiger partial charge in [-0.1, -0.05) is 15.9 Å². The van der Waals surface area contributed by atoms with Gasteiger partial charge < -0.3 is 13.9 Å². The predicted octanol–water partition coefficient (Wildman–Crippen LogP) is 4.61. The van der Waals surface area contributed by atoms with Gasteiger partial charge in [-0.05, 0) is 42.5 Å². The maximum absolute atomic E-state index is 12.2. The average Bonchev–Trinajstić information content (AvgIpc) is 3.31. The second-order valence-electron chi connectivity index (χ2n) is 5.59. The third kappa shape index (κ3) is 3.03. The molecule has 1 atom stereocenters. The molecule has 1 aromatic carbocycles. The van der Waals surface area contributed by atoms with E-state index in [0.717, 1.165) is 21.5 Å². The number of amides is 1. The second-order valence-corrected chi connectivity index (χ2v) is 7.58. The molecule has 6 heteroatoms. The fraction of sp³-hybridized carbons (Fsp3) is 0.167. The molecule has 1 saturated heterocycles. The molecule has 1 fully saturated rings. The lowest BCUT2D eigenvalue weighted by Gasteiger charge is -2.22. The Morgan fingerprint density at radius 1 is 1.21 bits per heavy atom. The zero-order valence-electron chi connectivity index (χ0n) is 12.8. The first-order chi connectivity index (χ1) is 11.7. The molecular formula is C18H15BrN2O2S. The monoisotopic (exact) mass is 402 g/mol. The molecule has 1 aliphatic heterocycles. The van der Waals surface area contributed by atoms with Gasteiger partial charge in [0.15, 0.2) is 0 Å². The Labute approximate surface area is 152 Å². The Kier molecular flexibility index (Phi) is 4.24. The summed E-state index contributed by atoms with van der Waals surface area (Å²) in [6, 6.07) is 14.0. The molecule has 2 aromatic heterocycles. The summed E-state index contributed by atoms with van der Waals surface area (Å²) in [6.45, 7) is 0.507. The van der Waals surface area contributed by atoms with Crippen LogP contribution >= 0.6 is 27.7 Å². The van der Waals surface area contributed by atoms with E-state index in [9.17, 15) is 4.79 Å². The summed E-state index contributed by atoms with van der Waals surface area (Å²) in [5.74, 6) is 1.47. The fourth-order valence-corrected chi connectivity index (χ4v) is 4.24. The van der Waals surface area contributed by atoms with Gasteiger partial charge in [0, 0.05) is 28.1 Å². The van der Waals surface area contributed by atoms with Gasteiger partial charge >= 0.3 is 0 Å². The number of carbonyl (C=O) groups excluding carboxylic acids is 1. The number of furan rings is 1. The molecule has 24 heavy (non-hydrogen) atoms. The molecule has 122 valence electrons. The maximum atomic E-state index is 12.2. The molecule has 1 aliphatic rings. The third-order valence-corrected chi connectivity index (χ3v) is 5.78. The van der Waals surface area contributed by atoms with Crippen molar-refractivity contribution < 1.29 is 9.21 Å². The van der Waals surface area contributed by atoms with Gasteiger partial charge in [0.2, 0.25) is 5.91 Å². The van der Waals surface area contributed by atoms with E-state index in [0.29, 0.717) is 12.3 Å². The average molecular weight is 403 g/mol. The van der Waals surface area contributed by atoms with Crippen LogP contribution in [-0.4, -0.2) is 21.1 Å². The largest absolute Gasteiger partial charge is 0.467 e. The van der Waals surface area contributed by atoms with Crippen molar-refractivity contribution >= 4 is 33.6 Å². The van der Waals surface area contributed by atoms with Gasteiger partial charge in [0.05, 0.1) is 18.6 Å². The lowest BCUT2D eigenvalue weighted by Crippen LogP contribution is -2.27. The second kappa shape index (κ2) is 6.53. The van der Waals surface area contributed by atoms with Gasteiger partial charge in [0.25, 0.3) is 0 Å². The molecule has 0 saturated carbocycles. The Morgan fingerprint density at radius 3 is 2.79 bits per heavy atom. The van der Waals surface area contributed by atoms with Gasteiger partial charge in [-0.15, -0.1) is 11.8 Å². The van der Waals surface area contributed by atoms with Gasteiger partial charge in [-0.2, -0.15) is 0 Å². The third-order valence-electron chi connectivity index (χ3n) is 4.00. The van der Waals surface area contributed by atoms with Crippen LogP contribution in [0.3, 0.4) is 0 Å². The molecule has 3 aromatic rings. The summed E-state index contributed by atoms with van der Waals surface area (Å²) in [5, 5.41) is 0.0271. The number of hydrogen-bond acceptors (Lipinski definition) is 3. The number of aromatic nitrogens is 1. The summed E-state index contributed by atoms with van der Waals surface area (Å²) in [5.41, 5.74) is 2.22. The van der Waals surface area contributed by atoms with Crippen molar-refractivity contribution in [2.45, 2.75) is 11.9 Å². The minimum atomic E-state index is 0.0271. The summed E-state index contributed by atoms with van der Waals surface area (Å²) in [6.07, 6.45) is 5.77. The molecule has 1 amide bonds. The molecule has 3 heterocycles. The number of carbonyl (C=O) groups is 1. The van der Waals surface area contributed by atoms with Crippen molar-refractivity contribution in [1.29, 1.82) is 0 Å². The Balaban J connectivity index is 1.58. The van der Waals surface area contributed by atoms with E-state index in [1.807, 2.05) is 35.4 Å². The lowest BCUT2D eigenvalue weighted by atomic mass is 10.3. The van der Waals surface area contributed by atoms with Crippen molar-refractivity contribution in [3.63, 3.8) is 0 Å². The SMILES string of the molecule is O=C1CS[C@H](c2ccn(-c3ccc(Br)cc3)c2)N1Cc1ccco1. The normalized spacial score (nSPS) is 17.6. The quantitative estimate of drug-likeness (QED) is 0.639. The van der Waals surface area contributed by atoms with Crippen LogP contribution in [-0.2, 0) is 11.3 Å². The highest BCUT2D eigenvalue weighted by Gasteiger charge is 2.33. The van der Waals surface area contributed by atoms with Crippen LogP contribution in [0, 0.1) is 0 Å². The highest BCUT2D eigenvalue weighted by Crippen LogP contribution is 2.40. The Morgan fingerprint density at radius 2 is 2.04 bits per heavy atom. The molecule has 4 rings (SSSR count). The van der Waals surface area contributed by atoms with Crippen LogP contribution in [0.2, 0.25) is 0 Å². The number of nitrogens with zero attached hydrogens (tertiary/aromatic N) is 2. The minimum absolute atomic E-state index is 0.0271. The molecular weight excluding hydrogens is 388 g/mol. The maximum Gasteiger partial charge on any atom is 0.234 e. The first-order valence-electron chi connectivity index (χ1n) is 7.58. The van der Waals surface area contributed by atoms with Crippen molar-refractivity contribution in [2.75, 3.05) is 5.75 Å². The summed E-state index contributed by atoms with van der Waals surface area (Å²) in [4.78, 5) is 14.1. The van der Waals surface area contributed by atoms with Crippen LogP contribution in [0.1, 0.15) is 16.7 Å². The highest BCUT2D eigenvalue weighted by molar-refractivity contribution is 9.10. The Hall–Kier alpha value is -1.92. The highest BCUT2D eigenvalue weighted by atomic mass is 79.9. The molecule has 0 N–H and O–H groups in total. The zero-order chi connectivity index (χ0) is 16.5. The van der Waals surface area contributed by atoms with Crippen molar-refractivity contribution in [3.8, 4) is 5.69 Å². The first-order valence-corrected chi connectivity index (χ1v) is 9.42. The van der Waals surface area contributed by atoms with E-state index in [1.54, 1.807) is 18.0 Å². The van der Waals surface area contributed by atoms with Crippen LogP contribution in [0.15, 0.2) is 70.0 Å². The summed E-state index contributed by atoms with van der Waals surface area (Å²) in [7, 11) is 0. The number of rotatable bonds is 4. The molecule has 0 spiro atoms. The van der Waals surface area contributed by atoms with E-state index >= 15 is 0 Å². The number of thioether (sulfide) groups is 1. The standard InChI is InChI=1S/C18H15BrN2O2S/c19-14-3-5-15(6-4-14)20-8-7-13(10-20)18-21(17(22)12-24-18)11-16-2-1-9-23-16/h1-10,18H,11-12H2/t18-/m1/s1. The molecule has 4 nitrogen and oxygen atoms in total. The first kappa shape index (κ1) is 15.6. The lowest BCUT2D eigenvalue weighted by molar-refractivity contribution is -0.128. The molecule has 0 aliphatic carbocycles. The predicted molar refractivity (Wildman–Crippen MR) is 97.9 cm³/mol. The van der Waals surface area contributed by atoms with E-state index in [4.69, 9.17) is 4.42 Å². The van der Waals surface area contributed by atoms with E-state index < -0.39 is 0 Å². The van der Waals surface area contributed by atoms with Crippen molar-refractivity contribution in [1.82, 2.24) is 9.47 Å². The van der Waals surface area contributed by atoms with E-state index in [2.05, 4.69) is 44.9 Å². The smallest absolute Gasteiger partial charge is 0.234 e. The van der Waals surface area contributed by atoms with Crippen molar-refractivity contribution in [3.05, 3.63) is 76.9 Å². The van der Waals surface area contributed by atoms with Crippen molar-refractivity contribution in [2.24, 2.45) is 0 Å². The van der Waals surface area contributed by atoms with Gasteiger partial charge in [0.1, 0.15) is 11.1 Å². The van der Waals surface area contributed by atoms with Crippen LogP contribution in [0.4, 0.5) is 0 Å². The van der Waals surface area contributed by atoms with Crippen LogP contribution < -0.4 is 0 Å². The fourth-order valence-electron chi connectivity index (χ4n) is 2.80. The Bertz CT molecular complexity index is 842. The van der Waals surface area contributed by atoms with Gasteiger partial charge in [-0.3, -0.25) is 4.79 Å². The summed E-state index contributed by atoms with van der Waals surface area (Å²) < 4.78 is 8.54. The number of benzene rings is 1. The topological polar surface area (TPSA) is 38.4 Å². The van der Waals surface area contributed by atoms with E-state index in [-0.39, 0.29) is 11.3 Å². The van der Waals surface area contributed by atoms with E-state index in [1.165, 1.54) is 0 Å². The minimum Gasteiger partial charge on any atom is -0.467 e. The zero-order valence-corrected chi connectivity index (χ0v) is 15.2. The summed E-state index contributed by atoms with van der Waals surface area (Å²) >= 11 is 5.11. The number of hydrogen-bond donors (Lipinski definition) is 0.